The highest BCUT2D eigenvalue weighted by molar-refractivity contribution is 7.89. The van der Waals surface area contributed by atoms with E-state index in [0.29, 0.717) is 23.7 Å². The van der Waals surface area contributed by atoms with Crippen LogP contribution < -0.4 is 20.1 Å². The summed E-state index contributed by atoms with van der Waals surface area (Å²) in [6, 6.07) is 12.6. The van der Waals surface area contributed by atoms with Crippen molar-refractivity contribution >= 4 is 33.2 Å². The Kier molecular flexibility index (Phi) is 8.78. The van der Waals surface area contributed by atoms with E-state index in [1.165, 1.54) is 19.2 Å². The van der Waals surface area contributed by atoms with Gasteiger partial charge in [0.1, 0.15) is 12.4 Å². The minimum absolute atomic E-state index is 0.0590. The maximum atomic E-state index is 12.3. The van der Waals surface area contributed by atoms with E-state index in [1.807, 2.05) is 6.92 Å². The van der Waals surface area contributed by atoms with Crippen molar-refractivity contribution in [1.29, 1.82) is 0 Å². The Morgan fingerprint density at radius 1 is 0.967 bits per heavy atom. The highest BCUT2D eigenvalue weighted by atomic mass is 32.2. The molecule has 3 N–H and O–H groups in total. The van der Waals surface area contributed by atoms with E-state index in [1.54, 1.807) is 36.4 Å². The zero-order valence-electron chi connectivity index (χ0n) is 16.8. The monoisotopic (exact) mass is 435 g/mol. The molecule has 0 heterocycles. The summed E-state index contributed by atoms with van der Waals surface area (Å²) in [6.07, 6.45) is -0.0590. The summed E-state index contributed by atoms with van der Waals surface area (Å²) in [5, 5.41) is 5.30. The van der Waals surface area contributed by atoms with Crippen molar-refractivity contribution < 1.29 is 27.5 Å². The van der Waals surface area contributed by atoms with Crippen LogP contribution in [-0.4, -0.2) is 47.1 Å². The lowest BCUT2D eigenvalue weighted by molar-refractivity contribution is -0.119. The Hall–Kier alpha value is -2.95. The van der Waals surface area contributed by atoms with E-state index in [9.17, 15) is 18.0 Å². The van der Waals surface area contributed by atoms with Gasteiger partial charge in [-0.25, -0.2) is 13.1 Å². The number of methoxy groups -OCH3 is 1. The van der Waals surface area contributed by atoms with Crippen LogP contribution in [0.5, 0.6) is 5.75 Å². The minimum Gasteiger partial charge on any atom is -0.494 e. The molecule has 0 aliphatic rings. The number of carbonyl (C=O) groups excluding carboxylic acids is 2. The van der Waals surface area contributed by atoms with Crippen LogP contribution >= 0.6 is 0 Å². The normalized spacial score (nSPS) is 11.0. The second kappa shape index (κ2) is 11.3. The van der Waals surface area contributed by atoms with Crippen LogP contribution in [-0.2, 0) is 24.3 Å². The first-order chi connectivity index (χ1) is 14.3. The number of rotatable bonds is 11. The van der Waals surface area contributed by atoms with Gasteiger partial charge in [0, 0.05) is 31.5 Å². The lowest BCUT2D eigenvalue weighted by Gasteiger charge is -2.10. The number of hydrogen-bond acceptors (Lipinski definition) is 6. The molecule has 0 aliphatic heterocycles. The summed E-state index contributed by atoms with van der Waals surface area (Å²) >= 11 is 0. The molecule has 0 saturated heterocycles. The van der Waals surface area contributed by atoms with Crippen LogP contribution in [0.3, 0.4) is 0 Å². The molecule has 9 nitrogen and oxygen atoms in total. The van der Waals surface area contributed by atoms with Crippen molar-refractivity contribution in [2.75, 3.05) is 37.5 Å². The molecule has 0 saturated carbocycles. The number of anilines is 2. The van der Waals surface area contributed by atoms with Gasteiger partial charge in [0.05, 0.1) is 11.5 Å². The molecule has 0 spiro atoms. The van der Waals surface area contributed by atoms with Gasteiger partial charge in [-0.15, -0.1) is 0 Å². The zero-order valence-corrected chi connectivity index (χ0v) is 17.6. The van der Waals surface area contributed by atoms with Gasteiger partial charge >= 0.3 is 0 Å². The Bertz CT molecular complexity index is 961. The average Bonchev–Trinajstić information content (AvgIpc) is 2.69. The van der Waals surface area contributed by atoms with Gasteiger partial charge in [-0.2, -0.15) is 0 Å². The largest absolute Gasteiger partial charge is 0.494 e. The second-order valence-corrected chi connectivity index (χ2v) is 7.93. The second-order valence-electron chi connectivity index (χ2n) is 6.16. The first kappa shape index (κ1) is 23.3. The van der Waals surface area contributed by atoms with Gasteiger partial charge in [-0.05, 0) is 49.4 Å². The highest BCUT2D eigenvalue weighted by Crippen LogP contribution is 2.17. The van der Waals surface area contributed by atoms with E-state index < -0.39 is 10.0 Å². The van der Waals surface area contributed by atoms with E-state index in [0.717, 1.165) is 0 Å². The number of ether oxygens (including phenoxy) is 2. The quantitative estimate of drug-likeness (QED) is 0.496. The fraction of sp³-hybridized carbons (Fsp3) is 0.300. The van der Waals surface area contributed by atoms with E-state index in [4.69, 9.17) is 9.47 Å². The molecule has 0 radical (unpaired) electrons. The van der Waals surface area contributed by atoms with Crippen LogP contribution in [0.15, 0.2) is 53.4 Å². The summed E-state index contributed by atoms with van der Waals surface area (Å²) in [5.74, 6) is -0.106. The lowest BCUT2D eigenvalue weighted by Crippen LogP contribution is -2.27. The van der Waals surface area contributed by atoms with E-state index in [-0.39, 0.29) is 36.3 Å². The zero-order chi connectivity index (χ0) is 22.0. The standard InChI is InChI=1S/C20H25N3O6S/c1-3-29-17-7-9-18(10-8-17)30(26,27)21-12-11-19(24)22-15-5-4-6-16(13-15)23-20(25)14-28-2/h4-10,13,21H,3,11-12,14H2,1-2H3,(H,22,24)(H,23,25). The lowest BCUT2D eigenvalue weighted by atomic mass is 10.2. The number of sulfonamides is 1. The molecule has 10 heteroatoms. The SMILES string of the molecule is CCOc1ccc(S(=O)(=O)NCCC(=O)Nc2cccc(NC(=O)COC)c2)cc1. The fourth-order valence-corrected chi connectivity index (χ4v) is 3.52. The molecule has 0 aliphatic carbocycles. The molecule has 2 aromatic rings. The highest BCUT2D eigenvalue weighted by Gasteiger charge is 2.14. The summed E-state index contributed by atoms with van der Waals surface area (Å²) < 4.78 is 37.0. The Morgan fingerprint density at radius 3 is 2.20 bits per heavy atom. The van der Waals surface area contributed by atoms with Crippen molar-refractivity contribution in [2.24, 2.45) is 0 Å². The average molecular weight is 436 g/mol. The van der Waals surface area contributed by atoms with Crippen LogP contribution in [0.1, 0.15) is 13.3 Å². The Morgan fingerprint density at radius 2 is 1.60 bits per heavy atom. The molecule has 0 aromatic heterocycles. The molecule has 162 valence electrons. The molecule has 2 aromatic carbocycles. The van der Waals surface area contributed by atoms with E-state index >= 15 is 0 Å². The maximum absolute atomic E-state index is 12.3. The smallest absolute Gasteiger partial charge is 0.250 e. The Balaban J connectivity index is 1.85. The molecule has 0 atom stereocenters. The topological polar surface area (TPSA) is 123 Å². The van der Waals surface area contributed by atoms with Crippen LogP contribution in [0.2, 0.25) is 0 Å². The molecule has 0 unspecified atom stereocenters. The van der Waals surface area contributed by atoms with Crippen molar-refractivity contribution in [1.82, 2.24) is 4.72 Å². The van der Waals surface area contributed by atoms with Crippen molar-refractivity contribution in [2.45, 2.75) is 18.2 Å². The van der Waals surface area contributed by atoms with Crippen LogP contribution in [0.4, 0.5) is 11.4 Å². The molecule has 0 fully saturated rings. The molecule has 0 bridgehead atoms. The third-order valence-electron chi connectivity index (χ3n) is 3.79. The molecule has 2 rings (SSSR count). The van der Waals surface area contributed by atoms with Gasteiger partial charge in [0.25, 0.3) is 0 Å². The van der Waals surface area contributed by atoms with Crippen molar-refractivity contribution in [3.63, 3.8) is 0 Å². The van der Waals surface area contributed by atoms with Crippen molar-refractivity contribution in [3.05, 3.63) is 48.5 Å². The van der Waals surface area contributed by atoms with Crippen LogP contribution in [0, 0.1) is 0 Å². The maximum Gasteiger partial charge on any atom is 0.250 e. The summed E-state index contributed by atoms with van der Waals surface area (Å²) in [4.78, 5) is 23.8. The van der Waals surface area contributed by atoms with Gasteiger partial charge < -0.3 is 20.1 Å². The molecule has 2 amide bonds. The number of hydrogen-bond donors (Lipinski definition) is 3. The third-order valence-corrected chi connectivity index (χ3v) is 5.27. The first-order valence-corrected chi connectivity index (χ1v) is 10.7. The summed E-state index contributed by atoms with van der Waals surface area (Å²) in [7, 11) is -2.31. The molecule has 30 heavy (non-hydrogen) atoms. The van der Waals surface area contributed by atoms with E-state index in [2.05, 4.69) is 15.4 Å². The predicted molar refractivity (Wildman–Crippen MR) is 113 cm³/mol. The Labute approximate surface area is 175 Å². The third kappa shape index (κ3) is 7.47. The summed E-state index contributed by atoms with van der Waals surface area (Å²) in [5.41, 5.74) is 0.982. The van der Waals surface area contributed by atoms with Crippen LogP contribution in [0.25, 0.3) is 0 Å². The molecular weight excluding hydrogens is 410 g/mol. The van der Waals surface area contributed by atoms with Gasteiger partial charge in [0.15, 0.2) is 0 Å². The summed E-state index contributed by atoms with van der Waals surface area (Å²) in [6.45, 7) is 2.18. The first-order valence-electron chi connectivity index (χ1n) is 9.25. The number of benzene rings is 2. The van der Waals surface area contributed by atoms with Crippen molar-refractivity contribution in [3.8, 4) is 5.75 Å². The van der Waals surface area contributed by atoms with Gasteiger partial charge in [0.2, 0.25) is 21.8 Å². The van der Waals surface area contributed by atoms with Gasteiger partial charge in [-0.3, -0.25) is 9.59 Å². The van der Waals surface area contributed by atoms with Gasteiger partial charge in [-0.1, -0.05) is 6.07 Å². The number of carbonyl (C=O) groups is 2. The fourth-order valence-electron chi connectivity index (χ4n) is 2.49. The molecular formula is C20H25N3O6S. The number of nitrogens with one attached hydrogen (secondary N) is 3. The predicted octanol–water partition coefficient (Wildman–Crippen LogP) is 1.98. The number of amides is 2. The minimum atomic E-state index is -3.73.